The van der Waals surface area contributed by atoms with Gasteiger partial charge in [-0.15, -0.1) is 0 Å². The lowest BCUT2D eigenvalue weighted by molar-refractivity contribution is -0.139. The van der Waals surface area contributed by atoms with Gasteiger partial charge in [-0.2, -0.15) is 0 Å². The third kappa shape index (κ3) is 4.03. The van der Waals surface area contributed by atoms with E-state index in [4.69, 9.17) is 5.11 Å². The molecule has 0 spiro atoms. The Morgan fingerprint density at radius 2 is 1.76 bits per heavy atom. The normalized spacial score (nSPS) is 30.2. The van der Waals surface area contributed by atoms with Crippen molar-refractivity contribution in [2.45, 2.75) is 44.0 Å². The monoisotopic (exact) mass is 294 g/mol. The van der Waals surface area contributed by atoms with Gasteiger partial charge >= 0.3 is 5.97 Å². The van der Waals surface area contributed by atoms with E-state index in [-0.39, 0.29) is 18.8 Å². The highest BCUT2D eigenvalue weighted by molar-refractivity contribution is 5.67. The van der Waals surface area contributed by atoms with Crippen molar-refractivity contribution >= 4 is 5.97 Å². The predicted octanol–water partition coefficient (Wildman–Crippen LogP) is 1.33. The number of hydrogen-bond acceptors (Lipinski definition) is 4. The minimum atomic E-state index is -0.971. The number of benzene rings is 1. The third-order valence-corrected chi connectivity index (χ3v) is 4.39. The molecule has 5 atom stereocenters. The highest BCUT2D eigenvalue weighted by Crippen LogP contribution is 2.39. The van der Waals surface area contributed by atoms with Crippen LogP contribution < -0.4 is 0 Å². The molecule has 0 aromatic heterocycles. The van der Waals surface area contributed by atoms with E-state index in [1.165, 1.54) is 0 Å². The van der Waals surface area contributed by atoms with Crippen LogP contribution in [0.3, 0.4) is 0 Å². The molecule has 0 amide bonds. The van der Waals surface area contributed by atoms with Crippen LogP contribution in [0.4, 0.5) is 0 Å². The fourth-order valence-corrected chi connectivity index (χ4v) is 3.26. The average Bonchev–Trinajstić information content (AvgIpc) is 2.71. The number of rotatable bonds is 6. The summed E-state index contributed by atoms with van der Waals surface area (Å²) in [6.45, 7) is 0. The van der Waals surface area contributed by atoms with E-state index in [2.05, 4.69) is 0 Å². The van der Waals surface area contributed by atoms with Gasteiger partial charge in [-0.1, -0.05) is 30.3 Å². The Bertz CT molecular complexity index is 461. The largest absolute Gasteiger partial charge is 0.481 e. The summed E-state index contributed by atoms with van der Waals surface area (Å²) < 4.78 is 0. The molecule has 0 bridgehead atoms. The summed E-state index contributed by atoms with van der Waals surface area (Å²) in [6, 6.07) is 9.23. The molecule has 1 saturated carbocycles. The number of carboxylic acids is 1. The second-order valence-electron chi connectivity index (χ2n) is 5.80. The lowest BCUT2D eigenvalue weighted by Crippen LogP contribution is -2.25. The zero-order valence-electron chi connectivity index (χ0n) is 11.8. The molecule has 5 nitrogen and oxygen atoms in total. The van der Waals surface area contributed by atoms with E-state index in [0.717, 1.165) is 5.56 Å². The minimum Gasteiger partial charge on any atom is -0.481 e. The number of aliphatic hydroxyl groups is 3. The molecule has 1 aromatic rings. The number of aliphatic hydroxyl groups excluding tert-OH is 3. The molecule has 21 heavy (non-hydrogen) atoms. The van der Waals surface area contributed by atoms with Crippen molar-refractivity contribution < 1.29 is 25.2 Å². The Kier molecular flexibility index (Phi) is 5.33. The van der Waals surface area contributed by atoms with Gasteiger partial charge in [-0.05, 0) is 30.7 Å². The maximum atomic E-state index is 10.9. The summed E-state index contributed by atoms with van der Waals surface area (Å²) in [5.74, 6) is -1.70. The Balaban J connectivity index is 1.95. The van der Waals surface area contributed by atoms with Crippen molar-refractivity contribution in [1.82, 2.24) is 0 Å². The van der Waals surface area contributed by atoms with Crippen LogP contribution in [0.5, 0.6) is 0 Å². The van der Waals surface area contributed by atoms with Gasteiger partial charge in [-0.3, -0.25) is 4.79 Å². The molecule has 1 aliphatic carbocycles. The Hall–Kier alpha value is -1.43. The standard InChI is InChI=1S/C16H22O5/c17-13(10-4-2-1-3-5-10)7-6-11-12(8-16(20)21)15(19)9-14(11)18/h1-5,11-15,17-19H,6-9H2,(H,20,21). The summed E-state index contributed by atoms with van der Waals surface area (Å²) in [5.41, 5.74) is 0.806. The summed E-state index contributed by atoms with van der Waals surface area (Å²) in [7, 11) is 0. The van der Waals surface area contributed by atoms with Crippen LogP contribution in [0.2, 0.25) is 0 Å². The zero-order valence-corrected chi connectivity index (χ0v) is 11.8. The Morgan fingerprint density at radius 1 is 1.14 bits per heavy atom. The minimum absolute atomic E-state index is 0.148. The van der Waals surface area contributed by atoms with Crippen molar-refractivity contribution in [3.8, 4) is 0 Å². The van der Waals surface area contributed by atoms with Crippen molar-refractivity contribution in [2.75, 3.05) is 0 Å². The summed E-state index contributed by atoms with van der Waals surface area (Å²) in [4.78, 5) is 10.9. The van der Waals surface area contributed by atoms with Crippen LogP contribution in [0.25, 0.3) is 0 Å². The van der Waals surface area contributed by atoms with Gasteiger partial charge < -0.3 is 20.4 Å². The smallest absolute Gasteiger partial charge is 0.303 e. The molecular formula is C16H22O5. The molecule has 0 saturated heterocycles. The second kappa shape index (κ2) is 7.02. The van der Waals surface area contributed by atoms with Crippen molar-refractivity contribution in [3.05, 3.63) is 35.9 Å². The molecule has 4 N–H and O–H groups in total. The van der Waals surface area contributed by atoms with Crippen LogP contribution in [0, 0.1) is 11.8 Å². The van der Waals surface area contributed by atoms with Crippen molar-refractivity contribution in [2.24, 2.45) is 11.8 Å². The van der Waals surface area contributed by atoms with E-state index in [1.807, 2.05) is 30.3 Å². The molecule has 0 aliphatic heterocycles. The quantitative estimate of drug-likeness (QED) is 0.634. The number of hydrogen-bond donors (Lipinski definition) is 4. The van der Waals surface area contributed by atoms with Gasteiger partial charge in [0, 0.05) is 5.92 Å². The highest BCUT2D eigenvalue weighted by atomic mass is 16.4. The first-order valence-corrected chi connectivity index (χ1v) is 7.30. The van der Waals surface area contributed by atoms with Crippen LogP contribution >= 0.6 is 0 Å². The molecule has 1 aromatic carbocycles. The van der Waals surface area contributed by atoms with Crippen LogP contribution in [0.15, 0.2) is 30.3 Å². The molecule has 0 radical (unpaired) electrons. The zero-order chi connectivity index (χ0) is 15.4. The Labute approximate surface area is 123 Å². The first-order chi connectivity index (χ1) is 9.99. The Morgan fingerprint density at radius 3 is 2.38 bits per heavy atom. The van der Waals surface area contributed by atoms with Gasteiger partial charge in [0.15, 0.2) is 0 Å². The fraction of sp³-hybridized carbons (Fsp3) is 0.562. The second-order valence-corrected chi connectivity index (χ2v) is 5.80. The third-order valence-electron chi connectivity index (χ3n) is 4.39. The average molecular weight is 294 g/mol. The maximum Gasteiger partial charge on any atom is 0.303 e. The summed E-state index contributed by atoms with van der Waals surface area (Å²) >= 11 is 0. The predicted molar refractivity (Wildman–Crippen MR) is 76.5 cm³/mol. The van der Waals surface area contributed by atoms with Crippen molar-refractivity contribution in [1.29, 1.82) is 0 Å². The number of aliphatic carboxylic acids is 1. The molecule has 2 rings (SSSR count). The van der Waals surface area contributed by atoms with Gasteiger partial charge in [0.1, 0.15) is 0 Å². The molecule has 5 unspecified atom stereocenters. The molecular weight excluding hydrogens is 272 g/mol. The maximum absolute atomic E-state index is 10.9. The SMILES string of the molecule is O=C(O)CC1C(O)CC(O)C1CCC(O)c1ccccc1. The van der Waals surface area contributed by atoms with Gasteiger partial charge in [0.2, 0.25) is 0 Å². The van der Waals surface area contributed by atoms with E-state index in [0.29, 0.717) is 12.8 Å². The molecule has 1 fully saturated rings. The van der Waals surface area contributed by atoms with Crippen LogP contribution in [-0.2, 0) is 4.79 Å². The lowest BCUT2D eigenvalue weighted by atomic mass is 9.85. The molecule has 0 heterocycles. The van der Waals surface area contributed by atoms with Crippen molar-refractivity contribution in [3.63, 3.8) is 0 Å². The topological polar surface area (TPSA) is 98.0 Å². The van der Waals surface area contributed by atoms with Crippen LogP contribution in [-0.4, -0.2) is 38.6 Å². The fourth-order valence-electron chi connectivity index (χ4n) is 3.26. The highest BCUT2D eigenvalue weighted by Gasteiger charge is 2.42. The van der Waals surface area contributed by atoms with Crippen LogP contribution in [0.1, 0.15) is 37.4 Å². The van der Waals surface area contributed by atoms with E-state index >= 15 is 0 Å². The van der Waals surface area contributed by atoms with Gasteiger partial charge in [0.05, 0.1) is 24.7 Å². The molecule has 1 aliphatic rings. The van der Waals surface area contributed by atoms with Gasteiger partial charge in [0.25, 0.3) is 0 Å². The van der Waals surface area contributed by atoms with E-state index in [9.17, 15) is 20.1 Å². The molecule has 5 heteroatoms. The van der Waals surface area contributed by atoms with E-state index in [1.54, 1.807) is 0 Å². The summed E-state index contributed by atoms with van der Waals surface area (Å²) in [5, 5.41) is 38.9. The summed E-state index contributed by atoms with van der Waals surface area (Å²) in [6.07, 6.45) is -1.13. The van der Waals surface area contributed by atoms with E-state index < -0.39 is 30.2 Å². The first-order valence-electron chi connectivity index (χ1n) is 7.30. The first kappa shape index (κ1) is 15.9. The van der Waals surface area contributed by atoms with Gasteiger partial charge in [-0.25, -0.2) is 0 Å². The molecule has 116 valence electrons. The number of carboxylic acid groups (broad SMARTS) is 1. The number of carbonyl (C=O) groups is 1. The lowest BCUT2D eigenvalue weighted by Gasteiger charge is -2.23.